The first-order chi connectivity index (χ1) is 21.0. The smallest absolute Gasteiger partial charge is 0.324 e. The summed E-state index contributed by atoms with van der Waals surface area (Å²) in [5.74, 6) is 0.303. The summed E-state index contributed by atoms with van der Waals surface area (Å²) in [7, 11) is 0. The van der Waals surface area contributed by atoms with Crippen LogP contribution in [-0.4, -0.2) is 45.5 Å². The lowest BCUT2D eigenvalue weighted by Crippen LogP contribution is -2.42. The van der Waals surface area contributed by atoms with Crippen LogP contribution in [0, 0.1) is 12.8 Å². The van der Waals surface area contributed by atoms with E-state index in [9.17, 15) is 14.4 Å². The number of carbonyl (C=O) groups is 3. The van der Waals surface area contributed by atoms with E-state index in [1.807, 2.05) is 91.9 Å². The Morgan fingerprint density at radius 2 is 1.50 bits per heavy atom. The van der Waals surface area contributed by atoms with Crippen LogP contribution in [0.25, 0.3) is 5.69 Å². The maximum absolute atomic E-state index is 13.0. The number of benzene rings is 3. The van der Waals surface area contributed by atoms with Crippen LogP contribution in [0.15, 0.2) is 84.9 Å². The molecule has 3 aromatic carbocycles. The minimum Gasteiger partial charge on any atom is -0.336 e. The highest BCUT2D eigenvalue weighted by atomic mass is 16.2. The summed E-state index contributed by atoms with van der Waals surface area (Å²) in [5.41, 5.74) is 5.46. The molecule has 0 radical (unpaired) electrons. The lowest BCUT2D eigenvalue weighted by molar-refractivity contribution is -0.145. The van der Waals surface area contributed by atoms with Gasteiger partial charge in [0.15, 0.2) is 0 Å². The monoisotopic (exact) mass is 591 g/mol. The first-order valence-electron chi connectivity index (χ1n) is 15.3. The fourth-order valence-corrected chi connectivity index (χ4v) is 5.43. The zero-order valence-corrected chi connectivity index (χ0v) is 26.0. The van der Waals surface area contributed by atoms with Crippen LogP contribution < -0.4 is 10.6 Å². The van der Waals surface area contributed by atoms with Gasteiger partial charge in [0.2, 0.25) is 5.78 Å². The first kappa shape index (κ1) is 30.7. The summed E-state index contributed by atoms with van der Waals surface area (Å²) in [6.07, 6.45) is 2.75. The molecule has 0 bridgehead atoms. The molecule has 1 fully saturated rings. The Morgan fingerprint density at radius 1 is 0.841 bits per heavy atom. The van der Waals surface area contributed by atoms with Crippen molar-refractivity contribution in [1.29, 1.82) is 0 Å². The molecule has 5 rings (SSSR count). The molecule has 228 valence electrons. The highest BCUT2D eigenvalue weighted by molar-refractivity contribution is 6.36. The molecule has 44 heavy (non-hydrogen) atoms. The van der Waals surface area contributed by atoms with Crippen molar-refractivity contribution in [2.24, 2.45) is 5.92 Å². The van der Waals surface area contributed by atoms with Crippen LogP contribution >= 0.6 is 0 Å². The molecule has 1 aliphatic rings. The number of amides is 3. The Balaban J connectivity index is 1.13. The second-order valence-electron chi connectivity index (χ2n) is 12.7. The summed E-state index contributed by atoms with van der Waals surface area (Å²) in [6.45, 7) is 9.51. The molecular weight excluding hydrogens is 550 g/mol. The summed E-state index contributed by atoms with van der Waals surface area (Å²) >= 11 is 0. The molecular formula is C36H41N5O3. The topological polar surface area (TPSA) is 96.3 Å². The predicted octanol–water partition coefficient (Wildman–Crippen LogP) is 6.72. The van der Waals surface area contributed by atoms with E-state index in [0.717, 1.165) is 41.8 Å². The fraction of sp³-hybridized carbons (Fsp3) is 0.333. The molecule has 3 amide bonds. The normalized spacial score (nSPS) is 13.9. The van der Waals surface area contributed by atoms with Gasteiger partial charge in [-0.1, -0.05) is 80.9 Å². The largest absolute Gasteiger partial charge is 0.336 e. The van der Waals surface area contributed by atoms with Gasteiger partial charge in [-0.05, 0) is 67.5 Å². The van der Waals surface area contributed by atoms with Crippen LogP contribution in [0.5, 0.6) is 0 Å². The average Bonchev–Trinajstić information content (AvgIpc) is 3.43. The van der Waals surface area contributed by atoms with Crippen molar-refractivity contribution in [3.8, 4) is 5.69 Å². The van der Waals surface area contributed by atoms with Gasteiger partial charge >= 0.3 is 6.03 Å². The number of nitrogens with zero attached hydrogens (tertiary/aromatic N) is 3. The number of anilines is 2. The van der Waals surface area contributed by atoms with Gasteiger partial charge in [0, 0.05) is 36.7 Å². The summed E-state index contributed by atoms with van der Waals surface area (Å²) in [4.78, 5) is 39.9. The van der Waals surface area contributed by atoms with Crippen LogP contribution in [-0.2, 0) is 27.8 Å². The third-order valence-corrected chi connectivity index (χ3v) is 8.08. The standard InChI is InChI=1S/C36H41N5O3/c1-25-10-16-30(17-11-25)41-33(24-32(39-41)36(2,3)4)38-35(44)37-29-14-12-27(13-15-29)22-28-18-20-40(21-19-28)34(43)31(42)23-26-8-6-5-7-9-26/h5-17,24,28H,18-23H2,1-4H3,(H2,37,38,44). The van der Waals surface area contributed by atoms with Gasteiger partial charge < -0.3 is 10.2 Å². The van der Waals surface area contributed by atoms with Crippen LogP contribution in [0.4, 0.5) is 16.3 Å². The molecule has 2 N–H and O–H groups in total. The zero-order chi connectivity index (χ0) is 31.3. The molecule has 0 atom stereocenters. The highest BCUT2D eigenvalue weighted by Gasteiger charge is 2.27. The number of piperidine rings is 1. The molecule has 8 nitrogen and oxygen atoms in total. The van der Waals surface area contributed by atoms with Gasteiger partial charge in [0.05, 0.1) is 11.4 Å². The van der Waals surface area contributed by atoms with Crippen molar-refractivity contribution in [1.82, 2.24) is 14.7 Å². The molecule has 8 heteroatoms. The summed E-state index contributed by atoms with van der Waals surface area (Å²) in [6, 6.07) is 26.9. The number of carbonyl (C=O) groups excluding carboxylic acids is 3. The Morgan fingerprint density at radius 3 is 2.14 bits per heavy atom. The van der Waals surface area contributed by atoms with Gasteiger partial charge in [0.25, 0.3) is 5.91 Å². The Bertz CT molecular complexity index is 1590. The Kier molecular flexibility index (Phi) is 9.28. The molecule has 0 unspecified atom stereocenters. The lowest BCUT2D eigenvalue weighted by Gasteiger charge is -2.31. The molecule has 2 heterocycles. The third kappa shape index (κ3) is 7.81. The quantitative estimate of drug-likeness (QED) is 0.223. The minimum atomic E-state index is -0.377. The highest BCUT2D eigenvalue weighted by Crippen LogP contribution is 2.27. The number of ketones is 1. The second kappa shape index (κ2) is 13.3. The number of urea groups is 1. The van der Waals surface area contributed by atoms with Crippen molar-refractivity contribution >= 4 is 29.2 Å². The van der Waals surface area contributed by atoms with Gasteiger partial charge in [-0.3, -0.25) is 14.9 Å². The van der Waals surface area contributed by atoms with E-state index in [-0.39, 0.29) is 29.6 Å². The van der Waals surface area contributed by atoms with Gasteiger partial charge in [-0.25, -0.2) is 9.48 Å². The molecule has 1 aliphatic heterocycles. The van der Waals surface area contributed by atoms with Crippen LogP contribution in [0.2, 0.25) is 0 Å². The Labute approximate surface area is 259 Å². The van der Waals surface area contributed by atoms with Gasteiger partial charge in [-0.15, -0.1) is 0 Å². The van der Waals surface area contributed by atoms with Crippen molar-refractivity contribution in [2.75, 3.05) is 23.7 Å². The van der Waals surface area contributed by atoms with E-state index in [4.69, 9.17) is 5.10 Å². The van der Waals surface area contributed by atoms with E-state index in [1.165, 1.54) is 5.56 Å². The minimum absolute atomic E-state index is 0.145. The van der Waals surface area contributed by atoms with E-state index < -0.39 is 0 Å². The van der Waals surface area contributed by atoms with Gasteiger partial charge in [0.1, 0.15) is 5.82 Å². The van der Waals surface area contributed by atoms with E-state index in [2.05, 4.69) is 31.4 Å². The predicted molar refractivity (Wildman–Crippen MR) is 174 cm³/mol. The molecule has 0 saturated carbocycles. The number of hydrogen-bond acceptors (Lipinski definition) is 4. The second-order valence-corrected chi connectivity index (χ2v) is 12.7. The molecule has 0 aliphatic carbocycles. The number of aryl methyl sites for hydroxylation is 1. The molecule has 1 aromatic heterocycles. The first-order valence-corrected chi connectivity index (χ1v) is 15.3. The van der Waals surface area contributed by atoms with E-state index in [0.29, 0.717) is 30.5 Å². The summed E-state index contributed by atoms with van der Waals surface area (Å²) < 4.78 is 1.76. The fourth-order valence-electron chi connectivity index (χ4n) is 5.43. The van der Waals surface area contributed by atoms with Crippen molar-refractivity contribution in [3.63, 3.8) is 0 Å². The van der Waals surface area contributed by atoms with Crippen molar-refractivity contribution in [3.05, 3.63) is 107 Å². The summed E-state index contributed by atoms with van der Waals surface area (Å²) in [5, 5.41) is 10.7. The third-order valence-electron chi connectivity index (χ3n) is 8.08. The Hall–Kier alpha value is -4.72. The van der Waals surface area contributed by atoms with Crippen LogP contribution in [0.1, 0.15) is 56.0 Å². The number of hydrogen-bond donors (Lipinski definition) is 2. The maximum Gasteiger partial charge on any atom is 0.324 e. The van der Waals surface area contributed by atoms with Crippen LogP contribution in [0.3, 0.4) is 0 Å². The van der Waals surface area contributed by atoms with Crippen molar-refractivity contribution < 1.29 is 14.4 Å². The molecule has 0 spiro atoms. The van der Waals surface area contributed by atoms with Gasteiger partial charge in [-0.2, -0.15) is 5.10 Å². The van der Waals surface area contributed by atoms with E-state index >= 15 is 0 Å². The number of aromatic nitrogens is 2. The van der Waals surface area contributed by atoms with E-state index in [1.54, 1.807) is 9.58 Å². The SMILES string of the molecule is Cc1ccc(-n2nc(C(C)(C)C)cc2NC(=O)Nc2ccc(CC3CCN(C(=O)C(=O)Cc4ccccc4)CC3)cc2)cc1. The number of rotatable bonds is 8. The lowest BCUT2D eigenvalue weighted by atomic mass is 9.90. The van der Waals surface area contributed by atoms with Crippen molar-refractivity contribution in [2.45, 2.75) is 58.8 Å². The maximum atomic E-state index is 13.0. The number of likely N-dealkylation sites (tertiary alicyclic amines) is 1. The number of Topliss-reactive ketones (excluding diaryl/α,β-unsaturated/α-hetero) is 1. The zero-order valence-electron chi connectivity index (χ0n) is 26.0. The molecule has 1 saturated heterocycles. The average molecular weight is 592 g/mol. The molecule has 4 aromatic rings. The number of nitrogens with one attached hydrogen (secondary N) is 2.